The molecule has 1 aromatic rings. The number of hydrogen-bond acceptors (Lipinski definition) is 8. The number of allylic oxidation sites excluding steroid dienone is 3. The molecule has 0 amide bonds. The Morgan fingerprint density at radius 1 is 0.660 bits per heavy atom. The molecule has 0 aliphatic carbocycles. The van der Waals surface area contributed by atoms with Gasteiger partial charge in [-0.2, -0.15) is 0 Å². The molecule has 0 fully saturated rings. The highest BCUT2D eigenvalue weighted by Crippen LogP contribution is 2.34. The van der Waals surface area contributed by atoms with E-state index in [0.717, 1.165) is 89.2 Å². The molecule has 0 heterocycles. The summed E-state index contributed by atoms with van der Waals surface area (Å²) in [4.78, 5) is 47.5. The van der Waals surface area contributed by atoms with Crippen molar-refractivity contribution in [3.8, 4) is 0 Å². The topological polar surface area (TPSA) is 68.3 Å². The summed E-state index contributed by atoms with van der Waals surface area (Å²) in [7, 11) is 0. The molecule has 0 saturated carbocycles. The third-order valence-corrected chi connectivity index (χ3v) is 13.7. The molecular weight excluding hydrogens is 697 g/mol. The highest BCUT2D eigenvalue weighted by molar-refractivity contribution is 8.14. The van der Waals surface area contributed by atoms with Crippen LogP contribution in [0.2, 0.25) is 0 Å². The third kappa shape index (κ3) is 24.1. The number of benzene rings is 1. The van der Waals surface area contributed by atoms with E-state index in [2.05, 4.69) is 75.9 Å². The van der Waals surface area contributed by atoms with Gasteiger partial charge in [-0.1, -0.05) is 129 Å². The maximum absolute atomic E-state index is 12.2. The van der Waals surface area contributed by atoms with Gasteiger partial charge >= 0.3 is 0 Å². The fraction of sp³-hybridized carbons (Fsp3) is 0.667. The summed E-state index contributed by atoms with van der Waals surface area (Å²) in [6.45, 7) is 17.4. The van der Waals surface area contributed by atoms with Crippen LogP contribution in [0.25, 0.3) is 0 Å². The monoisotopic (exact) mass is 762 g/mol. The van der Waals surface area contributed by atoms with Crippen LogP contribution in [0.15, 0.2) is 55.1 Å². The second-order valence-electron chi connectivity index (χ2n) is 14.0. The first kappa shape index (κ1) is 46.8. The minimum Gasteiger partial charge on any atom is -0.288 e. The van der Waals surface area contributed by atoms with Crippen LogP contribution in [0.3, 0.4) is 0 Å². The van der Waals surface area contributed by atoms with E-state index in [9.17, 15) is 19.2 Å². The standard InChI is InChI=1S/C42H66O4S4/c1-9-38(30-39(27-28-47-34(5)43)29-32(3)33(4)48-35(6)44)25-26-42(50-37(8)46)24-18-17-23-41(49-36(7)45)22-16-11-10-13-19-31(2)40-20-14-12-15-21-40/h9-12,14-15,20-21,31-33,38-39,41-42H,1,13,16-19,22-30H2,2-8H3/b11-10+. The third-order valence-electron chi connectivity index (χ3n) is 9.44. The van der Waals surface area contributed by atoms with Gasteiger partial charge in [-0.25, -0.2) is 0 Å². The van der Waals surface area contributed by atoms with Gasteiger partial charge in [0.05, 0.1) is 0 Å². The molecule has 50 heavy (non-hydrogen) atoms. The Hall–Kier alpha value is -1.22. The van der Waals surface area contributed by atoms with Crippen molar-refractivity contribution in [2.75, 3.05) is 5.75 Å². The van der Waals surface area contributed by atoms with Crippen molar-refractivity contribution in [1.29, 1.82) is 0 Å². The molecule has 4 nitrogen and oxygen atoms in total. The van der Waals surface area contributed by atoms with E-state index < -0.39 is 0 Å². The number of hydrogen-bond donors (Lipinski definition) is 0. The average Bonchev–Trinajstić information content (AvgIpc) is 3.05. The number of carbonyl (C=O) groups excluding carboxylic acids is 4. The van der Waals surface area contributed by atoms with Crippen molar-refractivity contribution in [3.63, 3.8) is 0 Å². The predicted octanol–water partition coefficient (Wildman–Crippen LogP) is 12.7. The number of unbranched alkanes of at least 4 members (excludes halogenated alkanes) is 1. The first-order chi connectivity index (χ1) is 23.8. The molecule has 0 aliphatic heterocycles. The second kappa shape index (κ2) is 28.3. The number of carbonyl (C=O) groups is 4. The Balaban J connectivity index is 2.62. The smallest absolute Gasteiger partial charge is 0.186 e. The molecule has 0 radical (unpaired) electrons. The van der Waals surface area contributed by atoms with Crippen LogP contribution in [-0.4, -0.2) is 42.0 Å². The first-order valence-electron chi connectivity index (χ1n) is 18.8. The van der Waals surface area contributed by atoms with Gasteiger partial charge in [-0.15, -0.1) is 6.58 Å². The fourth-order valence-electron chi connectivity index (χ4n) is 6.51. The summed E-state index contributed by atoms with van der Waals surface area (Å²) in [5.41, 5.74) is 1.39. The van der Waals surface area contributed by atoms with Gasteiger partial charge in [0.1, 0.15) is 0 Å². The van der Waals surface area contributed by atoms with Crippen LogP contribution >= 0.6 is 47.0 Å². The van der Waals surface area contributed by atoms with E-state index in [0.29, 0.717) is 28.9 Å². The van der Waals surface area contributed by atoms with Crippen molar-refractivity contribution in [1.82, 2.24) is 0 Å². The highest BCUT2D eigenvalue weighted by Gasteiger charge is 2.23. The van der Waals surface area contributed by atoms with Crippen molar-refractivity contribution >= 4 is 67.5 Å². The van der Waals surface area contributed by atoms with Crippen LogP contribution < -0.4 is 0 Å². The number of rotatable bonds is 27. The van der Waals surface area contributed by atoms with E-state index >= 15 is 0 Å². The lowest BCUT2D eigenvalue weighted by molar-refractivity contribution is -0.110. The molecule has 7 atom stereocenters. The summed E-state index contributed by atoms with van der Waals surface area (Å²) >= 11 is 5.80. The van der Waals surface area contributed by atoms with Gasteiger partial charge in [0.2, 0.25) is 0 Å². The maximum Gasteiger partial charge on any atom is 0.186 e. The van der Waals surface area contributed by atoms with Gasteiger partial charge in [0.25, 0.3) is 0 Å². The van der Waals surface area contributed by atoms with Crippen LogP contribution in [0, 0.1) is 17.8 Å². The quantitative estimate of drug-likeness (QED) is 0.0648. The van der Waals surface area contributed by atoms with Gasteiger partial charge in [0.15, 0.2) is 20.5 Å². The predicted molar refractivity (Wildman–Crippen MR) is 225 cm³/mol. The molecule has 0 saturated heterocycles. The van der Waals surface area contributed by atoms with E-state index in [1.165, 1.54) is 52.6 Å². The molecule has 0 aromatic heterocycles. The lowest BCUT2D eigenvalue weighted by Crippen LogP contribution is -2.19. The zero-order valence-corrected chi connectivity index (χ0v) is 35.3. The zero-order valence-electron chi connectivity index (χ0n) is 32.0. The Morgan fingerprint density at radius 2 is 1.22 bits per heavy atom. The summed E-state index contributed by atoms with van der Waals surface area (Å²) in [6, 6.07) is 10.7. The fourth-order valence-corrected chi connectivity index (χ4v) is 10.1. The highest BCUT2D eigenvalue weighted by atomic mass is 32.2. The summed E-state index contributed by atoms with van der Waals surface area (Å²) < 4.78 is 0. The summed E-state index contributed by atoms with van der Waals surface area (Å²) in [5.74, 6) is 2.58. The molecule has 0 N–H and O–H groups in total. The molecular formula is C42H66O4S4. The summed E-state index contributed by atoms with van der Waals surface area (Å²) in [6.07, 6.45) is 20.0. The van der Waals surface area contributed by atoms with Crippen molar-refractivity contribution in [3.05, 3.63) is 60.7 Å². The second-order valence-corrected chi connectivity index (χ2v) is 19.8. The van der Waals surface area contributed by atoms with Crippen LogP contribution in [0.5, 0.6) is 0 Å². The molecule has 0 aliphatic rings. The van der Waals surface area contributed by atoms with Gasteiger partial charge in [-0.05, 0) is 99.9 Å². The molecule has 1 rings (SSSR count). The maximum atomic E-state index is 12.2. The normalized spacial score (nSPS) is 15.9. The molecule has 282 valence electrons. The van der Waals surface area contributed by atoms with Crippen molar-refractivity contribution in [2.45, 2.75) is 154 Å². The lowest BCUT2D eigenvalue weighted by Gasteiger charge is -2.27. The Kier molecular flexibility index (Phi) is 26.5. The minimum atomic E-state index is 0.157. The molecule has 0 spiro atoms. The zero-order chi connectivity index (χ0) is 37.3. The Morgan fingerprint density at radius 3 is 1.76 bits per heavy atom. The van der Waals surface area contributed by atoms with Crippen LogP contribution in [0.4, 0.5) is 0 Å². The van der Waals surface area contributed by atoms with Crippen molar-refractivity contribution < 1.29 is 19.2 Å². The van der Waals surface area contributed by atoms with Gasteiger partial charge in [-0.3, -0.25) is 19.2 Å². The van der Waals surface area contributed by atoms with Crippen LogP contribution in [-0.2, 0) is 19.2 Å². The Bertz CT molecular complexity index is 1150. The molecule has 1 aromatic carbocycles. The average molecular weight is 763 g/mol. The van der Waals surface area contributed by atoms with Crippen LogP contribution in [0.1, 0.15) is 143 Å². The van der Waals surface area contributed by atoms with E-state index in [-0.39, 0.29) is 31.0 Å². The van der Waals surface area contributed by atoms with E-state index in [1.54, 1.807) is 27.7 Å². The number of thioether (sulfide) groups is 4. The largest absolute Gasteiger partial charge is 0.288 e. The van der Waals surface area contributed by atoms with E-state index in [1.807, 2.05) is 0 Å². The minimum absolute atomic E-state index is 0.157. The Labute approximate surface area is 322 Å². The van der Waals surface area contributed by atoms with Gasteiger partial charge < -0.3 is 0 Å². The van der Waals surface area contributed by atoms with Crippen molar-refractivity contribution in [2.24, 2.45) is 17.8 Å². The summed E-state index contributed by atoms with van der Waals surface area (Å²) in [5, 5.41) is 1.56. The SMILES string of the molecule is C=CC(CCC(CCCCC(CC/C=C/CCC(C)c1ccccc1)SC(C)=O)SC(C)=O)CC(CCSC(C)=O)CC(C)C(C)SC(C)=O. The first-order valence-corrected chi connectivity index (χ1v) is 22.4. The molecule has 8 heteroatoms. The van der Waals surface area contributed by atoms with E-state index in [4.69, 9.17) is 0 Å². The molecule has 7 unspecified atom stereocenters. The van der Waals surface area contributed by atoms with Gasteiger partial charge in [0, 0.05) is 49.2 Å². The lowest BCUT2D eigenvalue weighted by atomic mass is 9.83. The molecule has 0 bridgehead atoms.